The predicted octanol–water partition coefficient (Wildman–Crippen LogP) is 4.55. The molecule has 2 rings (SSSR count). The molecule has 16 heavy (non-hydrogen) atoms. The number of allylic oxidation sites excluding steroid dienone is 2. The van der Waals surface area contributed by atoms with E-state index in [0.29, 0.717) is 0 Å². The highest BCUT2D eigenvalue weighted by molar-refractivity contribution is 5.85. The lowest BCUT2D eigenvalue weighted by Crippen LogP contribution is -1.86. The van der Waals surface area contributed by atoms with Gasteiger partial charge < -0.3 is 0 Å². The second-order valence-electron chi connectivity index (χ2n) is 4.00. The molecule has 0 saturated carbocycles. The van der Waals surface area contributed by atoms with Crippen LogP contribution < -0.4 is 0 Å². The summed E-state index contributed by atoms with van der Waals surface area (Å²) in [6.07, 6.45) is 7.46. The Morgan fingerprint density at radius 2 is 1.81 bits per heavy atom. The van der Waals surface area contributed by atoms with Gasteiger partial charge in [0.15, 0.2) is 0 Å². The summed E-state index contributed by atoms with van der Waals surface area (Å²) >= 11 is 0. The zero-order chi connectivity index (χ0) is 11.2. The Hall–Kier alpha value is -1.56. The molecule has 81 valence electrons. The van der Waals surface area contributed by atoms with Crippen molar-refractivity contribution in [1.29, 1.82) is 0 Å². The van der Waals surface area contributed by atoms with Crippen LogP contribution in [-0.4, -0.2) is 0 Å². The smallest absolute Gasteiger partial charge is 0.0152 e. The van der Waals surface area contributed by atoms with Crippen LogP contribution in [0.2, 0.25) is 0 Å². The van der Waals surface area contributed by atoms with E-state index in [2.05, 4.69) is 55.5 Å². The van der Waals surface area contributed by atoms with Gasteiger partial charge >= 0.3 is 0 Å². The topological polar surface area (TPSA) is 0 Å². The monoisotopic (exact) mass is 209 g/mol. The third kappa shape index (κ3) is 2.52. The van der Waals surface area contributed by atoms with Crippen LogP contribution >= 0.6 is 0 Å². The van der Waals surface area contributed by atoms with Crippen LogP contribution in [0.15, 0.2) is 54.6 Å². The van der Waals surface area contributed by atoms with Gasteiger partial charge in [-0.3, -0.25) is 0 Å². The lowest BCUT2D eigenvalue weighted by atomic mass is 10.0. The number of rotatable bonds is 4. The molecule has 0 heterocycles. The second kappa shape index (κ2) is 5.50. The van der Waals surface area contributed by atoms with Gasteiger partial charge in [-0.25, -0.2) is 0 Å². The Morgan fingerprint density at radius 1 is 1.00 bits per heavy atom. The number of unbranched alkanes of at least 4 members (excludes halogenated alkanes) is 1. The number of hydrogen-bond donors (Lipinski definition) is 0. The van der Waals surface area contributed by atoms with Crippen LogP contribution in [0.3, 0.4) is 0 Å². The Labute approximate surface area is 97.6 Å². The predicted molar refractivity (Wildman–Crippen MR) is 71.4 cm³/mol. The minimum Gasteiger partial charge on any atom is -0.0885 e. The van der Waals surface area contributed by atoms with Crippen molar-refractivity contribution < 1.29 is 0 Å². The third-order valence-corrected chi connectivity index (χ3v) is 2.86. The molecule has 0 atom stereocenters. The van der Waals surface area contributed by atoms with Crippen molar-refractivity contribution in [2.75, 3.05) is 0 Å². The van der Waals surface area contributed by atoms with Crippen LogP contribution in [0.5, 0.6) is 0 Å². The lowest BCUT2D eigenvalue weighted by molar-refractivity contribution is 0.848. The zero-order valence-electron chi connectivity index (χ0n) is 9.52. The van der Waals surface area contributed by atoms with Gasteiger partial charge in [-0.2, -0.15) is 0 Å². The van der Waals surface area contributed by atoms with Gasteiger partial charge in [0.25, 0.3) is 0 Å². The molecule has 2 aromatic rings. The Kier molecular flexibility index (Phi) is 3.76. The first-order valence-corrected chi connectivity index (χ1v) is 5.82. The average Bonchev–Trinajstić information content (AvgIpc) is 2.35. The van der Waals surface area contributed by atoms with Gasteiger partial charge in [-0.1, -0.05) is 54.6 Å². The maximum atomic E-state index is 3.70. The van der Waals surface area contributed by atoms with E-state index in [1.165, 1.54) is 22.8 Å². The summed E-state index contributed by atoms with van der Waals surface area (Å²) in [5.41, 5.74) is 1.45. The van der Waals surface area contributed by atoms with Crippen LogP contribution in [0.4, 0.5) is 0 Å². The van der Waals surface area contributed by atoms with Gasteiger partial charge in [0.2, 0.25) is 0 Å². The molecule has 0 fully saturated rings. The summed E-state index contributed by atoms with van der Waals surface area (Å²) < 4.78 is 0. The lowest BCUT2D eigenvalue weighted by Gasteiger charge is -2.05. The van der Waals surface area contributed by atoms with Crippen molar-refractivity contribution in [2.24, 2.45) is 0 Å². The minimum absolute atomic E-state index is 1.12. The molecule has 0 aliphatic carbocycles. The second-order valence-corrected chi connectivity index (χ2v) is 4.00. The van der Waals surface area contributed by atoms with Crippen LogP contribution in [0.1, 0.15) is 18.4 Å². The molecule has 0 heteroatoms. The normalized spacial score (nSPS) is 11.3. The third-order valence-electron chi connectivity index (χ3n) is 2.86. The van der Waals surface area contributed by atoms with Crippen molar-refractivity contribution in [1.82, 2.24) is 0 Å². The molecule has 1 radical (unpaired) electrons. The molecule has 0 amide bonds. The summed E-state index contributed by atoms with van der Waals surface area (Å²) in [4.78, 5) is 0. The fraction of sp³-hybridized carbons (Fsp3) is 0.188. The molecule has 0 unspecified atom stereocenters. The molecule has 2 aromatic carbocycles. The summed E-state index contributed by atoms with van der Waals surface area (Å²) in [6, 6.07) is 15.1. The molecule has 0 aromatic heterocycles. The van der Waals surface area contributed by atoms with Crippen molar-refractivity contribution in [3.63, 3.8) is 0 Å². The first-order chi connectivity index (χ1) is 7.92. The maximum absolute atomic E-state index is 3.70. The van der Waals surface area contributed by atoms with Crippen LogP contribution in [0, 0.1) is 6.92 Å². The van der Waals surface area contributed by atoms with Gasteiger partial charge in [-0.15, -0.1) is 0 Å². The quantitative estimate of drug-likeness (QED) is 0.648. The van der Waals surface area contributed by atoms with Crippen molar-refractivity contribution >= 4 is 10.8 Å². The van der Waals surface area contributed by atoms with Crippen molar-refractivity contribution in [3.05, 3.63) is 67.1 Å². The van der Waals surface area contributed by atoms with E-state index in [9.17, 15) is 0 Å². The highest BCUT2D eigenvalue weighted by Crippen LogP contribution is 2.20. The number of aryl methyl sites for hydroxylation is 1. The largest absolute Gasteiger partial charge is 0.0885 e. The van der Waals surface area contributed by atoms with Gasteiger partial charge in [0.1, 0.15) is 0 Å². The zero-order valence-corrected chi connectivity index (χ0v) is 9.52. The molecule has 0 N–H and O–H groups in total. The maximum Gasteiger partial charge on any atom is -0.0152 e. The summed E-state index contributed by atoms with van der Waals surface area (Å²) in [5.74, 6) is 0. The Bertz CT molecular complexity index is 475. The average molecular weight is 209 g/mol. The van der Waals surface area contributed by atoms with E-state index >= 15 is 0 Å². The molecule has 0 nitrogen and oxygen atoms in total. The first-order valence-electron chi connectivity index (χ1n) is 5.82. The Morgan fingerprint density at radius 3 is 2.69 bits per heavy atom. The number of hydrogen-bond acceptors (Lipinski definition) is 0. The number of fused-ring (bicyclic) bond motifs is 1. The fourth-order valence-corrected chi connectivity index (χ4v) is 2.04. The standard InChI is InChI=1S/C16H17/c1-2-3-4-5-9-14-11-8-12-15-10-6-7-13-16(14)15/h2-3,6-8,10-13H,1,4-5,9H2/b3-2+. The van der Waals surface area contributed by atoms with E-state index in [1.807, 2.05) is 6.08 Å². The van der Waals surface area contributed by atoms with Gasteiger partial charge in [0, 0.05) is 0 Å². The minimum atomic E-state index is 1.12. The summed E-state index contributed by atoms with van der Waals surface area (Å²) in [5, 5.41) is 2.73. The van der Waals surface area contributed by atoms with Gasteiger partial charge in [-0.05, 0) is 42.5 Å². The van der Waals surface area contributed by atoms with Crippen molar-refractivity contribution in [3.8, 4) is 0 Å². The van der Waals surface area contributed by atoms with Crippen LogP contribution in [-0.2, 0) is 6.42 Å². The highest BCUT2D eigenvalue weighted by atomic mass is 14.0. The van der Waals surface area contributed by atoms with E-state index in [-0.39, 0.29) is 0 Å². The number of benzene rings is 2. The van der Waals surface area contributed by atoms with Crippen LogP contribution in [0.25, 0.3) is 10.8 Å². The summed E-state index contributed by atoms with van der Waals surface area (Å²) in [6.45, 7) is 3.70. The SMILES string of the molecule is [CH2]/C=C/CCCc1cccc2ccccc12. The molecule has 0 bridgehead atoms. The van der Waals surface area contributed by atoms with Crippen molar-refractivity contribution in [2.45, 2.75) is 19.3 Å². The molecule has 0 spiro atoms. The molecule has 0 aliphatic heterocycles. The summed E-state index contributed by atoms with van der Waals surface area (Å²) in [7, 11) is 0. The fourth-order valence-electron chi connectivity index (χ4n) is 2.04. The van der Waals surface area contributed by atoms with E-state index in [0.717, 1.165) is 12.8 Å². The van der Waals surface area contributed by atoms with E-state index in [4.69, 9.17) is 0 Å². The molecule has 0 saturated heterocycles. The van der Waals surface area contributed by atoms with E-state index in [1.54, 1.807) is 0 Å². The molecule has 0 aliphatic rings. The Balaban J connectivity index is 2.17. The molecular formula is C16H17. The van der Waals surface area contributed by atoms with Gasteiger partial charge in [0.05, 0.1) is 0 Å². The highest BCUT2D eigenvalue weighted by Gasteiger charge is 1.98. The first kappa shape index (κ1) is 10.9. The molecular weight excluding hydrogens is 192 g/mol. The van der Waals surface area contributed by atoms with E-state index < -0.39 is 0 Å².